The van der Waals surface area contributed by atoms with Crippen molar-refractivity contribution in [3.8, 4) is 0 Å². The summed E-state index contributed by atoms with van der Waals surface area (Å²) in [5.74, 6) is -0.231. The highest BCUT2D eigenvalue weighted by molar-refractivity contribution is 7.92. The average Bonchev–Trinajstić information content (AvgIpc) is 3.37. The molecular weight excluding hydrogens is 530 g/mol. The van der Waals surface area contributed by atoms with E-state index in [1.807, 2.05) is 6.92 Å². The van der Waals surface area contributed by atoms with E-state index in [0.717, 1.165) is 55.4 Å². The fourth-order valence-corrected chi connectivity index (χ4v) is 6.69. The van der Waals surface area contributed by atoms with Gasteiger partial charge < -0.3 is 10.2 Å². The molecule has 39 heavy (non-hydrogen) atoms. The Morgan fingerprint density at radius 2 is 1.77 bits per heavy atom. The summed E-state index contributed by atoms with van der Waals surface area (Å²) in [6.45, 7) is 8.94. The normalized spacial score (nSPS) is 14.5. The minimum absolute atomic E-state index is 0.178. The number of anilines is 2. The van der Waals surface area contributed by atoms with Crippen LogP contribution in [0.1, 0.15) is 28.4 Å². The second kappa shape index (κ2) is 11.7. The zero-order chi connectivity index (χ0) is 27.4. The predicted molar refractivity (Wildman–Crippen MR) is 158 cm³/mol. The third-order valence-electron chi connectivity index (χ3n) is 6.91. The lowest BCUT2D eigenvalue weighted by atomic mass is 10.2. The summed E-state index contributed by atoms with van der Waals surface area (Å²) in [5, 5.41) is 4.04. The molecule has 1 fully saturated rings. The molecule has 1 saturated heterocycles. The van der Waals surface area contributed by atoms with E-state index in [9.17, 15) is 13.2 Å². The summed E-state index contributed by atoms with van der Waals surface area (Å²) < 4.78 is 29.2. The Balaban J connectivity index is 1.10. The standard InChI is InChI=1S/C29H33N5O3S2/c1-3-22-9-12-26-27(19-22)38-29(31-26)34-17-15-33(16-18-34)14-13-30-28(35)23-5-4-6-24(20-23)32-39(36,37)25-10-7-21(2)8-11-25/h4-12,19-20,32H,3,13-18H2,1-2H3,(H,30,35). The maximum atomic E-state index is 12.8. The number of fused-ring (bicyclic) bond motifs is 1. The Hall–Kier alpha value is -3.47. The molecule has 1 aliphatic heterocycles. The van der Waals surface area contributed by atoms with Crippen LogP contribution < -0.4 is 14.9 Å². The Morgan fingerprint density at radius 1 is 1.00 bits per heavy atom. The van der Waals surface area contributed by atoms with Gasteiger partial charge in [-0.25, -0.2) is 13.4 Å². The minimum atomic E-state index is -3.74. The van der Waals surface area contributed by atoms with E-state index in [-0.39, 0.29) is 10.8 Å². The van der Waals surface area contributed by atoms with Gasteiger partial charge >= 0.3 is 0 Å². The second-order valence-electron chi connectivity index (χ2n) is 9.74. The lowest BCUT2D eigenvalue weighted by molar-refractivity contribution is 0.0948. The molecule has 204 valence electrons. The molecule has 1 amide bonds. The molecule has 0 spiro atoms. The van der Waals surface area contributed by atoms with E-state index < -0.39 is 10.0 Å². The first-order valence-corrected chi connectivity index (χ1v) is 15.5. The number of piperazine rings is 1. The number of rotatable bonds is 9. The number of amides is 1. The second-order valence-corrected chi connectivity index (χ2v) is 12.4. The first-order chi connectivity index (χ1) is 18.8. The summed E-state index contributed by atoms with van der Waals surface area (Å²) in [4.78, 5) is 22.4. The molecular formula is C29H33N5O3S2. The Bertz CT molecular complexity index is 1560. The number of carbonyl (C=O) groups excluding carboxylic acids is 1. The van der Waals surface area contributed by atoms with Gasteiger partial charge in [-0.15, -0.1) is 0 Å². The Labute approximate surface area is 233 Å². The van der Waals surface area contributed by atoms with Crippen molar-refractivity contribution in [1.82, 2.24) is 15.2 Å². The van der Waals surface area contributed by atoms with E-state index >= 15 is 0 Å². The summed E-state index contributed by atoms with van der Waals surface area (Å²) >= 11 is 1.75. The number of thiazole rings is 1. The van der Waals surface area contributed by atoms with Crippen LogP contribution in [0.3, 0.4) is 0 Å². The van der Waals surface area contributed by atoms with Crippen LogP contribution in [0, 0.1) is 6.92 Å². The number of aromatic nitrogens is 1. The molecule has 0 unspecified atom stereocenters. The molecule has 0 radical (unpaired) electrons. The number of nitrogens with zero attached hydrogens (tertiary/aromatic N) is 3. The van der Waals surface area contributed by atoms with Crippen molar-refractivity contribution in [2.24, 2.45) is 0 Å². The van der Waals surface area contributed by atoms with Crippen LogP contribution in [0.25, 0.3) is 10.2 Å². The van der Waals surface area contributed by atoms with Gasteiger partial charge in [0.25, 0.3) is 15.9 Å². The van der Waals surface area contributed by atoms with Crippen LogP contribution in [-0.4, -0.2) is 63.5 Å². The van der Waals surface area contributed by atoms with Gasteiger partial charge in [-0.1, -0.05) is 48.1 Å². The van der Waals surface area contributed by atoms with Crippen molar-refractivity contribution in [2.45, 2.75) is 25.2 Å². The molecule has 4 aromatic rings. The summed E-state index contributed by atoms with van der Waals surface area (Å²) in [6, 6.07) is 19.7. The quantitative estimate of drug-likeness (QED) is 0.311. The summed E-state index contributed by atoms with van der Waals surface area (Å²) in [5.41, 5.74) is 4.13. The van der Waals surface area contributed by atoms with Crippen molar-refractivity contribution in [3.63, 3.8) is 0 Å². The molecule has 0 aliphatic carbocycles. The molecule has 8 nitrogen and oxygen atoms in total. The lowest BCUT2D eigenvalue weighted by Crippen LogP contribution is -2.48. The van der Waals surface area contributed by atoms with E-state index in [4.69, 9.17) is 4.98 Å². The van der Waals surface area contributed by atoms with E-state index in [0.29, 0.717) is 17.8 Å². The maximum Gasteiger partial charge on any atom is 0.261 e. The van der Waals surface area contributed by atoms with E-state index in [2.05, 4.69) is 45.0 Å². The molecule has 2 heterocycles. The van der Waals surface area contributed by atoms with E-state index in [1.54, 1.807) is 59.9 Å². The molecule has 0 bridgehead atoms. The lowest BCUT2D eigenvalue weighted by Gasteiger charge is -2.34. The van der Waals surface area contributed by atoms with Gasteiger partial charge in [0.1, 0.15) is 0 Å². The summed E-state index contributed by atoms with van der Waals surface area (Å²) in [6.07, 6.45) is 1.02. The van der Waals surface area contributed by atoms with Gasteiger partial charge in [0.05, 0.1) is 15.1 Å². The molecule has 1 aromatic heterocycles. The van der Waals surface area contributed by atoms with Crippen LogP contribution in [-0.2, 0) is 16.4 Å². The highest BCUT2D eigenvalue weighted by Crippen LogP contribution is 2.30. The number of benzene rings is 3. The third-order valence-corrected chi connectivity index (χ3v) is 9.39. The highest BCUT2D eigenvalue weighted by atomic mass is 32.2. The smallest absolute Gasteiger partial charge is 0.261 e. The average molecular weight is 564 g/mol. The van der Waals surface area contributed by atoms with Crippen LogP contribution in [0.5, 0.6) is 0 Å². The van der Waals surface area contributed by atoms with Crippen molar-refractivity contribution in [2.75, 3.05) is 48.9 Å². The molecule has 1 aliphatic rings. The fraction of sp³-hybridized carbons (Fsp3) is 0.310. The third kappa shape index (κ3) is 6.58. The first kappa shape index (κ1) is 27.1. The number of nitrogens with one attached hydrogen (secondary N) is 2. The number of sulfonamides is 1. The van der Waals surface area contributed by atoms with Crippen molar-refractivity contribution >= 4 is 48.3 Å². The van der Waals surface area contributed by atoms with Gasteiger partial charge in [0, 0.05) is 50.5 Å². The fourth-order valence-electron chi connectivity index (χ4n) is 4.56. The zero-order valence-corrected chi connectivity index (χ0v) is 23.8. The van der Waals surface area contributed by atoms with Crippen LogP contribution >= 0.6 is 11.3 Å². The van der Waals surface area contributed by atoms with Gasteiger partial charge in [-0.05, 0) is 61.4 Å². The number of carbonyl (C=O) groups is 1. The van der Waals surface area contributed by atoms with Gasteiger partial charge in [0.2, 0.25) is 0 Å². The molecule has 0 atom stereocenters. The SMILES string of the molecule is CCc1ccc2nc(N3CCN(CCNC(=O)c4cccc(NS(=O)(=O)c5ccc(C)cc5)c4)CC3)sc2c1. The Kier molecular flexibility index (Phi) is 8.15. The van der Waals surface area contributed by atoms with Crippen LogP contribution in [0.2, 0.25) is 0 Å². The van der Waals surface area contributed by atoms with Crippen molar-refractivity contribution in [3.05, 3.63) is 83.4 Å². The monoisotopic (exact) mass is 563 g/mol. The van der Waals surface area contributed by atoms with Crippen LogP contribution in [0.4, 0.5) is 10.8 Å². The first-order valence-electron chi connectivity index (χ1n) is 13.2. The van der Waals surface area contributed by atoms with Crippen LogP contribution in [0.15, 0.2) is 71.6 Å². The number of aryl methyl sites for hydroxylation is 2. The number of hydrogen-bond donors (Lipinski definition) is 2. The Morgan fingerprint density at radius 3 is 2.51 bits per heavy atom. The van der Waals surface area contributed by atoms with Crippen molar-refractivity contribution < 1.29 is 13.2 Å². The topological polar surface area (TPSA) is 94.6 Å². The molecule has 0 saturated carbocycles. The molecule has 5 rings (SSSR count). The predicted octanol–water partition coefficient (Wildman–Crippen LogP) is 4.52. The van der Waals surface area contributed by atoms with E-state index in [1.165, 1.54) is 10.3 Å². The summed E-state index contributed by atoms with van der Waals surface area (Å²) in [7, 11) is -3.74. The zero-order valence-electron chi connectivity index (χ0n) is 22.2. The number of hydrogen-bond acceptors (Lipinski definition) is 7. The largest absolute Gasteiger partial charge is 0.351 e. The minimum Gasteiger partial charge on any atom is -0.351 e. The van der Waals surface area contributed by atoms with Gasteiger partial charge in [-0.2, -0.15) is 0 Å². The highest BCUT2D eigenvalue weighted by Gasteiger charge is 2.20. The molecule has 10 heteroatoms. The molecule has 2 N–H and O–H groups in total. The maximum absolute atomic E-state index is 12.8. The van der Waals surface area contributed by atoms with Gasteiger partial charge in [-0.3, -0.25) is 14.4 Å². The van der Waals surface area contributed by atoms with Gasteiger partial charge in [0.15, 0.2) is 5.13 Å². The molecule has 3 aromatic carbocycles. The van der Waals surface area contributed by atoms with Crippen molar-refractivity contribution in [1.29, 1.82) is 0 Å².